The molecule has 0 aliphatic carbocycles. The molecule has 0 atom stereocenters. The molecule has 2 aliphatic heterocycles. The molecule has 0 amide bonds. The van der Waals surface area contributed by atoms with Crippen molar-refractivity contribution in [1.82, 2.24) is 9.13 Å². The van der Waals surface area contributed by atoms with Gasteiger partial charge in [-0.25, -0.2) is 0 Å². The lowest BCUT2D eigenvalue weighted by atomic mass is 9.33. The maximum Gasteiger partial charge on any atom is 0.252 e. The molecule has 0 fully saturated rings. The minimum absolute atomic E-state index is 0.0452. The third-order valence-electron chi connectivity index (χ3n) is 19.5. The Morgan fingerprint density at radius 3 is 1.15 bits per heavy atom. The van der Waals surface area contributed by atoms with Crippen LogP contribution in [0.1, 0.15) is 30.2 Å². The average molecular weight is 1320 g/mol. The van der Waals surface area contributed by atoms with Gasteiger partial charge in [-0.2, -0.15) is 0 Å². The molecule has 16 aromatic carbocycles. The van der Waals surface area contributed by atoms with Crippen LogP contribution in [0.5, 0.6) is 0 Å². The van der Waals surface area contributed by atoms with Crippen molar-refractivity contribution in [2.45, 2.75) is 0 Å². The van der Waals surface area contributed by atoms with E-state index in [0.29, 0.717) is 67.4 Å². The summed E-state index contributed by atoms with van der Waals surface area (Å²) in [5, 5.41) is 0.00653. The van der Waals surface area contributed by atoms with E-state index in [4.69, 9.17) is 8.22 Å². The van der Waals surface area contributed by atoms with Crippen molar-refractivity contribution in [3.05, 3.63) is 388 Å². The molecule has 0 N–H and O–H groups in total. The number of benzene rings is 16. The van der Waals surface area contributed by atoms with Crippen molar-refractivity contribution in [3.63, 3.8) is 0 Å². The van der Waals surface area contributed by atoms with Crippen LogP contribution < -0.4 is 31.1 Å². The third-order valence-corrected chi connectivity index (χ3v) is 19.5. The van der Waals surface area contributed by atoms with E-state index in [1.165, 1.54) is 9.47 Å². The van der Waals surface area contributed by atoms with E-state index in [1.54, 1.807) is 65.2 Å². The molecule has 102 heavy (non-hydrogen) atoms. The lowest BCUT2D eigenvalue weighted by Crippen LogP contribution is -2.61. The predicted molar refractivity (Wildman–Crippen MR) is 431 cm³/mol. The van der Waals surface area contributed by atoms with Gasteiger partial charge in [-0.15, -0.1) is 0 Å². The van der Waals surface area contributed by atoms with Crippen LogP contribution in [0.3, 0.4) is 0 Å². The van der Waals surface area contributed by atoms with Gasteiger partial charge in [0.15, 0.2) is 0 Å². The number of hydrogen-bond donors (Lipinski definition) is 0. The second-order valence-corrected chi connectivity index (χ2v) is 25.2. The molecule has 0 saturated heterocycles. The van der Waals surface area contributed by atoms with Crippen LogP contribution in [0, 0.1) is 0 Å². The Balaban J connectivity index is 0.969. The number of para-hydroxylation sites is 5. The topological polar surface area (TPSA) is 19.6 Å². The van der Waals surface area contributed by atoms with E-state index in [1.807, 2.05) is 187 Å². The monoisotopic (exact) mass is 1320 g/mol. The maximum atomic E-state index is 10.1. The number of nitrogens with zero attached hydrogens (tertiary/aromatic N) is 5. The van der Waals surface area contributed by atoms with Crippen LogP contribution in [-0.2, 0) is 0 Å². The Morgan fingerprint density at radius 2 is 0.647 bits per heavy atom. The molecule has 0 bridgehead atoms. The molecule has 18 aromatic rings. The minimum atomic E-state index is -0.910. The van der Waals surface area contributed by atoms with Crippen LogP contribution in [-0.4, -0.2) is 15.8 Å². The molecule has 5 nitrogen and oxygen atoms in total. The van der Waals surface area contributed by atoms with E-state index < -0.39 is 140 Å². The second kappa shape index (κ2) is 24.2. The fourth-order valence-corrected chi connectivity index (χ4v) is 15.1. The average Bonchev–Trinajstić information content (AvgIpc) is 1.19. The van der Waals surface area contributed by atoms with Crippen molar-refractivity contribution in [2.24, 2.45) is 0 Å². The molecule has 20 rings (SSSR count). The molecule has 2 aromatic heterocycles. The van der Waals surface area contributed by atoms with Gasteiger partial charge in [-0.3, -0.25) is 0 Å². The van der Waals surface area contributed by atoms with Gasteiger partial charge >= 0.3 is 0 Å². The quantitative estimate of drug-likeness (QED) is 0.114. The normalized spacial score (nSPS) is 15.3. The SMILES string of the molecule is [2H]c1c([2H])c([2H])c(-c2ccc3c(c2)N(c2cc(-c4ccccc4)cc(-c4ccccc4)c2)c2cc(-n4c5c([2H])c([2H])c([2H])c([2H])c5c5c([2H])c([2H])c([2H])c([2H])c54)cc4c2B3c2ccc(-n3c5ccc(N(c6ccccc6)c6c([2H])c([2H])c([2H])c([2H])c6[2H])cc5c5c([2H])c([2H])c([2H])c([2H])c53)cc2N4c2cc(-c3ccccc3)cc(-c3ccccc3)c2)c([2H])c1[2H]. The van der Waals surface area contributed by atoms with Gasteiger partial charge in [-0.05, 0) is 199 Å². The van der Waals surface area contributed by atoms with Gasteiger partial charge in [-0.1, -0.05) is 260 Å². The first-order chi connectivity index (χ1) is 59.7. The minimum Gasteiger partial charge on any atom is -0.311 e. The molecule has 0 radical (unpaired) electrons. The Bertz CT molecular complexity index is 7420. The zero-order valence-corrected chi connectivity index (χ0v) is 54.1. The Hall–Kier alpha value is -13.4. The first-order valence-electron chi connectivity index (χ1n) is 44.4. The lowest BCUT2D eigenvalue weighted by molar-refractivity contribution is 1.15. The Kier molecular flexibility index (Phi) is 9.62. The smallest absolute Gasteiger partial charge is 0.252 e. The molecule has 2 aliphatic rings. The van der Waals surface area contributed by atoms with Crippen LogP contribution in [0.15, 0.2) is 388 Å². The van der Waals surface area contributed by atoms with Crippen LogP contribution in [0.4, 0.5) is 51.2 Å². The van der Waals surface area contributed by atoms with Crippen LogP contribution in [0.25, 0.3) is 111 Å². The highest BCUT2D eigenvalue weighted by atomic mass is 15.2. The van der Waals surface area contributed by atoms with Crippen molar-refractivity contribution >= 4 is 118 Å². The van der Waals surface area contributed by atoms with E-state index >= 15 is 0 Å². The summed E-state index contributed by atoms with van der Waals surface area (Å²) in [6, 6.07) is 68.0. The van der Waals surface area contributed by atoms with E-state index in [9.17, 15) is 21.9 Å². The molecule has 0 saturated carbocycles. The number of rotatable bonds is 12. The standard InChI is InChI=1S/C96H64BN5/c1-8-28-65(29-9-1)70-48-51-86-92(60-70)101(79-56-71(66-30-10-2-11-31-66)54-72(57-79)67-32-12-3-13-33-67)94-63-81(100-88-45-25-22-42-82(88)83-43-23-26-46-89(83)100)64-95-96(94)97(86)87-52-49-78(62-93(87)102(95)80-58-73(68-34-14-4-15-35-68)55-74(59-80)69-36-16-5-17-37-69)99-90-47-27-24-44-84(90)85-61-77(50-53-91(85)99)98(75-38-18-6-19-39-75)76-40-20-7-21-41-76/h1-64H/i1D,6D,8D,9D,18D,19D,22D,23D,24D,25D,26D,27D,28D,29D,38D,39D,42D,43D,44D,45D,46D,47D. The highest BCUT2D eigenvalue weighted by molar-refractivity contribution is 7.00. The summed E-state index contributed by atoms with van der Waals surface area (Å²) in [7, 11) is 0. The van der Waals surface area contributed by atoms with E-state index in [-0.39, 0.29) is 66.3 Å². The van der Waals surface area contributed by atoms with Crippen LogP contribution >= 0.6 is 0 Å². The third kappa shape index (κ3) is 9.79. The van der Waals surface area contributed by atoms with Gasteiger partial charge in [0.05, 0.1) is 57.9 Å². The van der Waals surface area contributed by atoms with E-state index in [0.717, 1.165) is 44.5 Å². The fourth-order valence-electron chi connectivity index (χ4n) is 15.1. The van der Waals surface area contributed by atoms with Gasteiger partial charge < -0.3 is 23.8 Å². The summed E-state index contributed by atoms with van der Waals surface area (Å²) in [5.41, 5.74) is 12.2. The summed E-state index contributed by atoms with van der Waals surface area (Å²) < 4.78 is 210. The van der Waals surface area contributed by atoms with Crippen molar-refractivity contribution < 1.29 is 30.2 Å². The summed E-state index contributed by atoms with van der Waals surface area (Å²) >= 11 is 0. The highest BCUT2D eigenvalue weighted by Crippen LogP contribution is 2.51. The zero-order chi connectivity index (χ0) is 86.3. The summed E-state index contributed by atoms with van der Waals surface area (Å²) in [6.45, 7) is -0.910. The summed E-state index contributed by atoms with van der Waals surface area (Å²) in [6.07, 6.45) is 0. The predicted octanol–water partition coefficient (Wildman–Crippen LogP) is 23.8. The number of hydrogen-bond acceptors (Lipinski definition) is 3. The number of anilines is 9. The second-order valence-electron chi connectivity index (χ2n) is 25.2. The first kappa shape index (κ1) is 40.5. The number of fused-ring (bicyclic) bond motifs is 10. The van der Waals surface area contributed by atoms with Crippen LogP contribution in [0.2, 0.25) is 0 Å². The highest BCUT2D eigenvalue weighted by Gasteiger charge is 2.45. The van der Waals surface area contributed by atoms with Crippen molar-refractivity contribution in [2.75, 3.05) is 14.7 Å². The molecule has 0 spiro atoms. The molecule has 6 heteroatoms. The maximum absolute atomic E-state index is 10.1. The Morgan fingerprint density at radius 1 is 0.235 bits per heavy atom. The first-order valence-corrected chi connectivity index (χ1v) is 33.4. The molecule has 0 unspecified atom stereocenters. The zero-order valence-electron chi connectivity index (χ0n) is 76.1. The molecule has 4 heterocycles. The van der Waals surface area contributed by atoms with Gasteiger partial charge in [0, 0.05) is 78.4 Å². The summed E-state index contributed by atoms with van der Waals surface area (Å²) in [5.74, 6) is 0. The summed E-state index contributed by atoms with van der Waals surface area (Å²) in [4.78, 5) is 5.64. The van der Waals surface area contributed by atoms with Crippen molar-refractivity contribution in [1.29, 1.82) is 0 Å². The molecular formula is C96H64BN5. The van der Waals surface area contributed by atoms with E-state index in [2.05, 4.69) is 17.0 Å². The molecular weight excluding hydrogens is 1230 g/mol. The lowest BCUT2D eigenvalue weighted by Gasteiger charge is -2.45. The van der Waals surface area contributed by atoms with Gasteiger partial charge in [0.25, 0.3) is 6.71 Å². The van der Waals surface area contributed by atoms with Gasteiger partial charge in [0.2, 0.25) is 0 Å². The molecule has 476 valence electrons. The van der Waals surface area contributed by atoms with Gasteiger partial charge in [0.1, 0.15) is 0 Å². The largest absolute Gasteiger partial charge is 0.311 e. The Labute approximate surface area is 624 Å². The number of aromatic nitrogens is 2. The van der Waals surface area contributed by atoms with Crippen molar-refractivity contribution in [3.8, 4) is 67.0 Å². The fraction of sp³-hybridized carbons (Fsp3) is 0.